The summed E-state index contributed by atoms with van der Waals surface area (Å²) in [6, 6.07) is 2.33. The van der Waals surface area contributed by atoms with Crippen LogP contribution in [0.3, 0.4) is 0 Å². The van der Waals surface area contributed by atoms with Gasteiger partial charge < -0.3 is 4.48 Å². The summed E-state index contributed by atoms with van der Waals surface area (Å²) in [5, 5.41) is 0. The molecular weight excluding hydrogens is 134 g/mol. The van der Waals surface area contributed by atoms with Gasteiger partial charge in [-0.15, -0.1) is 0 Å². The minimum absolute atomic E-state index is 1.17. The Morgan fingerprint density at radius 1 is 0.909 bits per heavy atom. The molecule has 4 aliphatic rings. The molecule has 0 N–H and O–H groups in total. The summed E-state index contributed by atoms with van der Waals surface area (Å²) >= 11 is 0. The molecule has 0 aromatic carbocycles. The molecule has 4 rings (SSSR count). The smallest absolute Gasteiger partial charge is 0.129 e. The Labute approximate surface area is 68.0 Å². The molecule has 0 amide bonds. The molecule has 1 spiro atoms. The third-order valence-electron chi connectivity index (χ3n) is 4.94. The van der Waals surface area contributed by atoms with Crippen LogP contribution in [0.15, 0.2) is 0 Å². The van der Waals surface area contributed by atoms with E-state index in [0.717, 1.165) is 0 Å². The van der Waals surface area contributed by atoms with Gasteiger partial charge in [-0.1, -0.05) is 0 Å². The first kappa shape index (κ1) is 5.58. The Balaban J connectivity index is 1.83. The fourth-order valence-corrected chi connectivity index (χ4v) is 4.39. The molecule has 0 aromatic rings. The molecule has 1 aliphatic carbocycles. The summed E-state index contributed by atoms with van der Waals surface area (Å²) in [7, 11) is 0. The first-order valence-corrected chi connectivity index (χ1v) is 5.28. The standard InChI is InChI=1S/C10H16N/c1-2-9-7-6-8(7)10(3-1)11(9)4-5-11/h7-10H,1-6H2/q+1. The number of hydrogen-bond donors (Lipinski definition) is 0. The van der Waals surface area contributed by atoms with Crippen molar-refractivity contribution in [1.82, 2.24) is 0 Å². The largest absolute Gasteiger partial charge is 0.309 e. The third kappa shape index (κ3) is 0.462. The Kier molecular flexibility index (Phi) is 0.706. The molecule has 1 nitrogen and oxygen atoms in total. The lowest BCUT2D eigenvalue weighted by Gasteiger charge is -2.35. The zero-order chi connectivity index (χ0) is 7.05. The van der Waals surface area contributed by atoms with Crippen molar-refractivity contribution in [3.05, 3.63) is 0 Å². The van der Waals surface area contributed by atoms with Crippen LogP contribution in [0.5, 0.6) is 0 Å². The molecule has 4 atom stereocenters. The lowest BCUT2D eigenvalue weighted by Crippen LogP contribution is -2.45. The van der Waals surface area contributed by atoms with Crippen molar-refractivity contribution >= 4 is 0 Å². The molecule has 4 unspecified atom stereocenters. The lowest BCUT2D eigenvalue weighted by molar-refractivity contribution is -0.851. The van der Waals surface area contributed by atoms with Crippen LogP contribution in [-0.4, -0.2) is 29.7 Å². The minimum Gasteiger partial charge on any atom is -0.309 e. The van der Waals surface area contributed by atoms with Gasteiger partial charge in [0.25, 0.3) is 0 Å². The summed E-state index contributed by atoms with van der Waals surface area (Å²) in [5.74, 6) is 2.43. The summed E-state index contributed by atoms with van der Waals surface area (Å²) < 4.78 is 1.62. The molecule has 3 heterocycles. The second-order valence-electron chi connectivity index (χ2n) is 5.18. The Morgan fingerprint density at radius 2 is 1.55 bits per heavy atom. The van der Waals surface area contributed by atoms with Gasteiger partial charge >= 0.3 is 0 Å². The van der Waals surface area contributed by atoms with Gasteiger partial charge in [-0.3, -0.25) is 0 Å². The third-order valence-corrected chi connectivity index (χ3v) is 4.94. The van der Waals surface area contributed by atoms with Crippen molar-refractivity contribution in [2.45, 2.75) is 37.8 Å². The molecule has 0 radical (unpaired) electrons. The highest BCUT2D eigenvalue weighted by Gasteiger charge is 2.73. The van der Waals surface area contributed by atoms with E-state index in [1.807, 2.05) is 0 Å². The van der Waals surface area contributed by atoms with Gasteiger partial charge in [-0.2, -0.15) is 0 Å². The number of rotatable bonds is 0. The second-order valence-corrected chi connectivity index (χ2v) is 5.18. The molecular formula is C10H16N+. The van der Waals surface area contributed by atoms with Gasteiger partial charge in [0.15, 0.2) is 0 Å². The number of piperidine rings is 2. The minimum atomic E-state index is 1.17. The van der Waals surface area contributed by atoms with Crippen LogP contribution in [0.2, 0.25) is 0 Å². The number of nitrogens with zero attached hydrogens (tertiary/aromatic N) is 1. The normalized spacial score (nSPS) is 61.1. The van der Waals surface area contributed by atoms with Crippen LogP contribution in [0, 0.1) is 11.8 Å². The van der Waals surface area contributed by atoms with Gasteiger partial charge in [-0.25, -0.2) is 0 Å². The monoisotopic (exact) mass is 150 g/mol. The van der Waals surface area contributed by atoms with Crippen LogP contribution in [0.1, 0.15) is 25.7 Å². The maximum Gasteiger partial charge on any atom is 0.129 e. The lowest BCUT2D eigenvalue weighted by atomic mass is 9.98. The summed E-state index contributed by atoms with van der Waals surface area (Å²) in [4.78, 5) is 0. The number of hydrogen-bond acceptors (Lipinski definition) is 0. The van der Waals surface area contributed by atoms with Gasteiger partial charge in [0.2, 0.25) is 0 Å². The van der Waals surface area contributed by atoms with Crippen molar-refractivity contribution in [1.29, 1.82) is 0 Å². The predicted octanol–water partition coefficient (Wildman–Crippen LogP) is 1.39. The van der Waals surface area contributed by atoms with Crippen LogP contribution in [-0.2, 0) is 0 Å². The average molecular weight is 150 g/mol. The van der Waals surface area contributed by atoms with Crippen molar-refractivity contribution in [3.63, 3.8) is 0 Å². The SMILES string of the molecule is C1CC2C3CC3C(C1)[N+]21CC1. The van der Waals surface area contributed by atoms with E-state index in [1.54, 1.807) is 43.3 Å². The Bertz CT molecular complexity index is 201. The molecule has 1 heteroatoms. The van der Waals surface area contributed by atoms with E-state index in [1.165, 1.54) is 23.9 Å². The summed E-state index contributed by atoms with van der Waals surface area (Å²) in [5.41, 5.74) is 0. The first-order valence-electron chi connectivity index (χ1n) is 5.28. The quantitative estimate of drug-likeness (QED) is 0.361. The molecule has 2 bridgehead atoms. The molecule has 4 fully saturated rings. The summed E-state index contributed by atoms with van der Waals surface area (Å²) in [6.07, 6.45) is 6.34. The Morgan fingerprint density at radius 3 is 2.00 bits per heavy atom. The van der Waals surface area contributed by atoms with Crippen molar-refractivity contribution < 1.29 is 4.48 Å². The topological polar surface area (TPSA) is 0 Å². The van der Waals surface area contributed by atoms with E-state index < -0.39 is 0 Å². The zero-order valence-corrected chi connectivity index (χ0v) is 7.00. The molecule has 3 saturated heterocycles. The second kappa shape index (κ2) is 1.39. The predicted molar refractivity (Wildman–Crippen MR) is 43.0 cm³/mol. The Hall–Kier alpha value is -0.0400. The fourth-order valence-electron chi connectivity index (χ4n) is 4.39. The van der Waals surface area contributed by atoms with Crippen molar-refractivity contribution in [3.8, 4) is 0 Å². The maximum absolute atomic E-state index is 1.62. The highest BCUT2D eigenvalue weighted by Crippen LogP contribution is 2.64. The molecule has 11 heavy (non-hydrogen) atoms. The fraction of sp³-hybridized carbons (Fsp3) is 1.00. The van der Waals surface area contributed by atoms with Crippen molar-refractivity contribution in [2.75, 3.05) is 13.1 Å². The number of fused-ring (bicyclic) bond motifs is 3. The molecule has 60 valence electrons. The highest BCUT2D eigenvalue weighted by atomic mass is 15.5. The van der Waals surface area contributed by atoms with Gasteiger partial charge in [0.05, 0.1) is 12.1 Å². The first-order chi connectivity index (χ1) is 5.42. The van der Waals surface area contributed by atoms with Crippen LogP contribution < -0.4 is 0 Å². The van der Waals surface area contributed by atoms with Gasteiger partial charge in [0, 0.05) is 11.8 Å². The maximum atomic E-state index is 1.62. The van der Waals surface area contributed by atoms with Gasteiger partial charge in [0.1, 0.15) is 13.1 Å². The molecule has 0 aromatic heterocycles. The van der Waals surface area contributed by atoms with E-state index in [9.17, 15) is 0 Å². The van der Waals surface area contributed by atoms with E-state index >= 15 is 0 Å². The van der Waals surface area contributed by atoms with E-state index in [2.05, 4.69) is 0 Å². The van der Waals surface area contributed by atoms with Crippen LogP contribution in [0.25, 0.3) is 0 Å². The zero-order valence-electron chi connectivity index (χ0n) is 7.00. The van der Waals surface area contributed by atoms with E-state index in [-0.39, 0.29) is 0 Å². The summed E-state index contributed by atoms with van der Waals surface area (Å²) in [6.45, 7) is 3.12. The van der Waals surface area contributed by atoms with E-state index in [0.29, 0.717) is 0 Å². The molecule has 1 saturated carbocycles. The highest BCUT2D eigenvalue weighted by molar-refractivity contribution is 5.07. The molecule has 3 aliphatic heterocycles. The number of quaternary nitrogens is 1. The van der Waals surface area contributed by atoms with Crippen LogP contribution >= 0.6 is 0 Å². The van der Waals surface area contributed by atoms with Crippen LogP contribution in [0.4, 0.5) is 0 Å². The average Bonchev–Trinajstić information content (AvgIpc) is 2.78. The van der Waals surface area contributed by atoms with E-state index in [4.69, 9.17) is 0 Å². The van der Waals surface area contributed by atoms with Crippen molar-refractivity contribution in [2.24, 2.45) is 11.8 Å². The van der Waals surface area contributed by atoms with Gasteiger partial charge in [-0.05, 0) is 25.7 Å².